The maximum absolute atomic E-state index is 12.8. The van der Waals surface area contributed by atoms with Crippen LogP contribution >= 0.6 is 0 Å². The second-order valence-electron chi connectivity index (χ2n) is 6.77. The fourth-order valence-corrected chi connectivity index (χ4v) is 3.52. The molecule has 8 heteroatoms. The van der Waals surface area contributed by atoms with E-state index >= 15 is 0 Å². The Bertz CT molecular complexity index is 789. The minimum atomic E-state index is -0.798. The SMILES string of the molecule is CC1=C(C(=O)OC2CCCC2C)C(c2cccc([N+](=O)[O-])c2)NC(=O)N1. The van der Waals surface area contributed by atoms with Crippen molar-refractivity contribution in [2.75, 3.05) is 0 Å². The van der Waals surface area contributed by atoms with Gasteiger partial charge >= 0.3 is 12.0 Å². The molecule has 1 aromatic rings. The van der Waals surface area contributed by atoms with Gasteiger partial charge in [-0.15, -0.1) is 0 Å². The summed E-state index contributed by atoms with van der Waals surface area (Å²) in [5.74, 6) is -0.215. The number of carbonyl (C=O) groups is 2. The zero-order valence-electron chi connectivity index (χ0n) is 14.7. The highest BCUT2D eigenvalue weighted by Crippen LogP contribution is 2.33. The highest BCUT2D eigenvalue weighted by Gasteiger charge is 2.35. The maximum atomic E-state index is 12.8. The highest BCUT2D eigenvalue weighted by molar-refractivity contribution is 5.95. The zero-order valence-corrected chi connectivity index (χ0v) is 14.7. The number of nitrogens with zero attached hydrogens (tertiary/aromatic N) is 1. The second-order valence-corrected chi connectivity index (χ2v) is 6.77. The van der Waals surface area contributed by atoms with Crippen LogP contribution in [-0.2, 0) is 9.53 Å². The van der Waals surface area contributed by atoms with Crippen LogP contribution in [0.15, 0.2) is 35.5 Å². The number of benzene rings is 1. The van der Waals surface area contributed by atoms with Gasteiger partial charge in [0, 0.05) is 17.8 Å². The van der Waals surface area contributed by atoms with E-state index in [9.17, 15) is 19.7 Å². The Balaban J connectivity index is 1.93. The molecule has 1 fully saturated rings. The fourth-order valence-electron chi connectivity index (χ4n) is 3.52. The highest BCUT2D eigenvalue weighted by atomic mass is 16.6. The second kappa shape index (κ2) is 7.15. The van der Waals surface area contributed by atoms with Crippen LogP contribution in [0.1, 0.15) is 44.7 Å². The summed E-state index contributed by atoms with van der Waals surface area (Å²) < 4.78 is 5.68. The minimum absolute atomic E-state index is 0.106. The molecule has 0 bridgehead atoms. The van der Waals surface area contributed by atoms with Crippen molar-refractivity contribution in [1.29, 1.82) is 0 Å². The minimum Gasteiger partial charge on any atom is -0.459 e. The number of rotatable bonds is 4. The quantitative estimate of drug-likeness (QED) is 0.488. The number of ether oxygens (including phenoxy) is 1. The van der Waals surface area contributed by atoms with E-state index in [0.29, 0.717) is 17.2 Å². The number of non-ortho nitro benzene ring substituents is 1. The average Bonchev–Trinajstić information content (AvgIpc) is 2.99. The van der Waals surface area contributed by atoms with Gasteiger partial charge in [-0.25, -0.2) is 9.59 Å². The Morgan fingerprint density at radius 2 is 2.12 bits per heavy atom. The summed E-state index contributed by atoms with van der Waals surface area (Å²) in [6.07, 6.45) is 2.70. The van der Waals surface area contributed by atoms with Gasteiger partial charge in [0.05, 0.1) is 16.5 Å². The molecule has 2 N–H and O–H groups in total. The van der Waals surface area contributed by atoms with Gasteiger partial charge in [0.15, 0.2) is 0 Å². The summed E-state index contributed by atoms with van der Waals surface area (Å²) in [6.45, 7) is 3.67. The maximum Gasteiger partial charge on any atom is 0.338 e. The third-order valence-electron chi connectivity index (χ3n) is 4.94. The average molecular weight is 359 g/mol. The lowest BCUT2D eigenvalue weighted by molar-refractivity contribution is -0.384. The van der Waals surface area contributed by atoms with Gasteiger partial charge in [-0.05, 0) is 37.7 Å². The van der Waals surface area contributed by atoms with Gasteiger partial charge in [-0.3, -0.25) is 10.1 Å². The van der Waals surface area contributed by atoms with Gasteiger partial charge in [-0.2, -0.15) is 0 Å². The van der Waals surface area contributed by atoms with E-state index < -0.39 is 23.0 Å². The molecular weight excluding hydrogens is 338 g/mol. The van der Waals surface area contributed by atoms with Crippen molar-refractivity contribution in [3.05, 3.63) is 51.2 Å². The Hall–Kier alpha value is -2.90. The van der Waals surface area contributed by atoms with E-state index in [4.69, 9.17) is 4.74 Å². The lowest BCUT2D eigenvalue weighted by Gasteiger charge is -2.29. The Morgan fingerprint density at radius 3 is 2.77 bits per heavy atom. The predicted molar refractivity (Wildman–Crippen MR) is 93.1 cm³/mol. The lowest BCUT2D eigenvalue weighted by Crippen LogP contribution is -2.45. The topological polar surface area (TPSA) is 111 Å². The first-order valence-electron chi connectivity index (χ1n) is 8.60. The van der Waals surface area contributed by atoms with E-state index in [1.54, 1.807) is 13.0 Å². The van der Waals surface area contributed by atoms with E-state index in [1.165, 1.54) is 18.2 Å². The molecule has 0 radical (unpaired) electrons. The molecule has 2 aliphatic rings. The smallest absolute Gasteiger partial charge is 0.338 e. The third-order valence-corrected chi connectivity index (χ3v) is 4.94. The van der Waals surface area contributed by atoms with Crippen LogP contribution in [0.5, 0.6) is 0 Å². The van der Waals surface area contributed by atoms with Crippen molar-refractivity contribution >= 4 is 17.7 Å². The summed E-state index contributed by atoms with van der Waals surface area (Å²) >= 11 is 0. The number of nitrogens with one attached hydrogen (secondary N) is 2. The van der Waals surface area contributed by atoms with Crippen molar-refractivity contribution < 1.29 is 19.2 Å². The fraction of sp³-hybridized carbons (Fsp3) is 0.444. The number of amides is 2. The first-order valence-corrected chi connectivity index (χ1v) is 8.60. The van der Waals surface area contributed by atoms with Crippen LogP contribution in [0.25, 0.3) is 0 Å². The molecule has 26 heavy (non-hydrogen) atoms. The van der Waals surface area contributed by atoms with E-state index in [1.807, 2.05) is 6.92 Å². The largest absolute Gasteiger partial charge is 0.459 e. The molecule has 3 rings (SSSR count). The first-order chi connectivity index (χ1) is 12.4. The summed E-state index contributed by atoms with van der Waals surface area (Å²) in [5.41, 5.74) is 1.01. The Kier molecular flexibility index (Phi) is 4.92. The molecule has 1 aromatic carbocycles. The normalized spacial score (nSPS) is 25.5. The van der Waals surface area contributed by atoms with Gasteiger partial charge in [-0.1, -0.05) is 19.1 Å². The van der Waals surface area contributed by atoms with Crippen molar-refractivity contribution in [3.8, 4) is 0 Å². The van der Waals surface area contributed by atoms with Crippen molar-refractivity contribution in [1.82, 2.24) is 10.6 Å². The number of nitro benzene ring substituents is 1. The zero-order chi connectivity index (χ0) is 18.8. The molecule has 1 saturated carbocycles. The molecule has 0 spiro atoms. The van der Waals surface area contributed by atoms with Gasteiger partial charge in [0.25, 0.3) is 5.69 Å². The van der Waals surface area contributed by atoms with Crippen LogP contribution in [0.4, 0.5) is 10.5 Å². The van der Waals surface area contributed by atoms with Crippen LogP contribution in [0, 0.1) is 16.0 Å². The number of carbonyl (C=O) groups excluding carboxylic acids is 2. The molecular formula is C18H21N3O5. The molecule has 1 aliphatic carbocycles. The molecule has 3 atom stereocenters. The first kappa shape index (κ1) is 17.9. The van der Waals surface area contributed by atoms with Crippen LogP contribution in [0.3, 0.4) is 0 Å². The summed E-state index contributed by atoms with van der Waals surface area (Å²) in [7, 11) is 0. The molecule has 8 nitrogen and oxygen atoms in total. The number of esters is 1. The molecule has 1 heterocycles. The van der Waals surface area contributed by atoms with Crippen LogP contribution in [0.2, 0.25) is 0 Å². The molecule has 0 saturated heterocycles. The van der Waals surface area contributed by atoms with Crippen molar-refractivity contribution in [3.63, 3.8) is 0 Å². The number of urea groups is 1. The predicted octanol–water partition coefficient (Wildman–Crippen LogP) is 2.95. The van der Waals surface area contributed by atoms with E-state index in [-0.39, 0.29) is 17.4 Å². The third kappa shape index (κ3) is 3.54. The molecule has 0 aromatic heterocycles. The number of hydrogen-bond donors (Lipinski definition) is 2. The van der Waals surface area contributed by atoms with E-state index in [2.05, 4.69) is 10.6 Å². The summed E-state index contributed by atoms with van der Waals surface area (Å²) in [5, 5.41) is 16.3. The number of nitro groups is 1. The summed E-state index contributed by atoms with van der Waals surface area (Å²) in [6, 6.07) is 4.62. The summed E-state index contributed by atoms with van der Waals surface area (Å²) in [4.78, 5) is 35.2. The van der Waals surface area contributed by atoms with Gasteiger partial charge in [0.1, 0.15) is 6.10 Å². The molecule has 138 valence electrons. The van der Waals surface area contributed by atoms with Crippen molar-refractivity contribution in [2.24, 2.45) is 5.92 Å². The van der Waals surface area contributed by atoms with Crippen LogP contribution < -0.4 is 10.6 Å². The molecule has 2 amide bonds. The van der Waals surface area contributed by atoms with Gasteiger partial charge < -0.3 is 15.4 Å². The lowest BCUT2D eigenvalue weighted by atomic mass is 9.95. The van der Waals surface area contributed by atoms with Crippen LogP contribution in [-0.4, -0.2) is 23.0 Å². The molecule has 3 unspecified atom stereocenters. The monoisotopic (exact) mass is 359 g/mol. The Morgan fingerprint density at radius 1 is 1.35 bits per heavy atom. The molecule has 1 aliphatic heterocycles. The number of hydrogen-bond acceptors (Lipinski definition) is 5. The standard InChI is InChI=1S/C18H21N3O5/c1-10-5-3-8-14(10)26-17(22)15-11(2)19-18(23)20-16(15)12-6-4-7-13(9-12)21(24)25/h4,6-7,9-10,14,16H,3,5,8H2,1-2H3,(H2,19,20,23). The number of allylic oxidation sites excluding steroid dienone is 1. The van der Waals surface area contributed by atoms with E-state index in [0.717, 1.165) is 19.3 Å². The van der Waals surface area contributed by atoms with Gasteiger partial charge in [0.2, 0.25) is 0 Å². The Labute approximate surface area is 150 Å². The van der Waals surface area contributed by atoms with Crippen molar-refractivity contribution in [2.45, 2.75) is 45.3 Å².